The number of aromatic nitrogens is 2. The van der Waals surface area contributed by atoms with Crippen molar-refractivity contribution in [3.63, 3.8) is 0 Å². The number of pyridine rings is 1. The first-order valence-electron chi connectivity index (χ1n) is 10.5. The third-order valence-corrected chi connectivity index (χ3v) is 6.61. The molecular weight excluding hydrogens is 459 g/mol. The second kappa shape index (κ2) is 9.80. The lowest BCUT2D eigenvalue weighted by molar-refractivity contribution is 0.454. The fourth-order valence-electron chi connectivity index (χ4n) is 3.46. The number of hydrogen-bond donors (Lipinski definition) is 1. The predicted octanol–water partition coefficient (Wildman–Crippen LogP) is 5.95. The lowest BCUT2D eigenvalue weighted by Crippen LogP contribution is -2.39. The molecule has 0 spiro atoms. The number of thiazole rings is 1. The molecule has 0 saturated heterocycles. The van der Waals surface area contributed by atoms with Gasteiger partial charge in [-0.05, 0) is 57.0 Å². The molecular formula is C24H24ClFN6S. The number of fused-ring (bicyclic) bond motifs is 1. The van der Waals surface area contributed by atoms with Gasteiger partial charge in [0.2, 0.25) is 5.13 Å². The van der Waals surface area contributed by atoms with Crippen molar-refractivity contribution in [1.29, 1.82) is 0 Å². The Kier molecular flexibility index (Phi) is 6.85. The first-order valence-corrected chi connectivity index (χ1v) is 11.7. The summed E-state index contributed by atoms with van der Waals surface area (Å²) in [5, 5.41) is 1.11. The summed E-state index contributed by atoms with van der Waals surface area (Å²) < 4.78 is 14.2. The van der Waals surface area contributed by atoms with Crippen LogP contribution in [0.1, 0.15) is 38.4 Å². The maximum Gasteiger partial charge on any atom is 0.213 e. The molecule has 33 heavy (non-hydrogen) atoms. The molecule has 170 valence electrons. The van der Waals surface area contributed by atoms with Crippen LogP contribution in [0.4, 0.5) is 9.52 Å². The average Bonchev–Trinajstić information content (AvgIpc) is 3.20. The van der Waals surface area contributed by atoms with E-state index in [1.54, 1.807) is 6.07 Å². The van der Waals surface area contributed by atoms with E-state index in [9.17, 15) is 4.39 Å². The van der Waals surface area contributed by atoms with Crippen LogP contribution in [0.25, 0.3) is 15.8 Å². The third kappa shape index (κ3) is 5.29. The Balaban J connectivity index is 1.48. The molecule has 1 aromatic carbocycles. The Bertz CT molecular complexity index is 1320. The topological polar surface area (TPSA) is 79.8 Å². The standard InChI is InChI=1S/C24H24ClFN6S/c1-4-14(2)29-15(3)17-11-19(25)22(28-13-17)16-7-9-32(10-8-16)23(27)31-24-30-20-6-5-18(26)12-21(20)33-24/h4-7,11-13H,8-10H2,1-3H3,(H2,27,30,31)/b14-4-,29-15?. The van der Waals surface area contributed by atoms with Gasteiger partial charge in [-0.25, -0.2) is 9.37 Å². The van der Waals surface area contributed by atoms with Crippen LogP contribution in [0.15, 0.2) is 58.3 Å². The molecule has 0 unspecified atom stereocenters. The summed E-state index contributed by atoms with van der Waals surface area (Å²) in [6.07, 6.45) is 6.57. The number of aliphatic imine (C=N–C) groups is 2. The van der Waals surface area contributed by atoms with E-state index in [4.69, 9.17) is 17.3 Å². The van der Waals surface area contributed by atoms with Crippen molar-refractivity contribution in [1.82, 2.24) is 14.9 Å². The zero-order valence-corrected chi connectivity index (χ0v) is 20.2. The van der Waals surface area contributed by atoms with Crippen molar-refractivity contribution >= 4 is 55.5 Å². The van der Waals surface area contributed by atoms with Crippen molar-refractivity contribution in [3.05, 3.63) is 70.4 Å². The summed E-state index contributed by atoms with van der Waals surface area (Å²) in [5.74, 6) is 0.0874. The van der Waals surface area contributed by atoms with E-state index in [1.807, 2.05) is 44.0 Å². The Morgan fingerprint density at radius 1 is 1.30 bits per heavy atom. The van der Waals surface area contributed by atoms with Crippen LogP contribution in [0.5, 0.6) is 0 Å². The number of halogens is 2. The summed E-state index contributed by atoms with van der Waals surface area (Å²) in [6, 6.07) is 6.39. The van der Waals surface area contributed by atoms with Crippen LogP contribution in [-0.2, 0) is 0 Å². The quantitative estimate of drug-likeness (QED) is 0.368. The minimum Gasteiger partial charge on any atom is -0.369 e. The number of hydrogen-bond acceptors (Lipinski definition) is 5. The molecule has 1 aliphatic rings. The van der Waals surface area contributed by atoms with Gasteiger partial charge in [-0.15, -0.1) is 0 Å². The van der Waals surface area contributed by atoms with Gasteiger partial charge in [0, 0.05) is 36.3 Å². The highest BCUT2D eigenvalue weighted by Gasteiger charge is 2.18. The predicted molar refractivity (Wildman–Crippen MR) is 136 cm³/mol. The van der Waals surface area contributed by atoms with Gasteiger partial charge >= 0.3 is 0 Å². The first-order chi connectivity index (χ1) is 15.8. The molecule has 6 nitrogen and oxygen atoms in total. The minimum absolute atomic E-state index is 0.293. The number of benzene rings is 1. The monoisotopic (exact) mass is 482 g/mol. The molecule has 4 rings (SSSR count). The van der Waals surface area contributed by atoms with Gasteiger partial charge in [0.1, 0.15) is 5.82 Å². The second-order valence-corrected chi connectivity index (χ2v) is 9.10. The van der Waals surface area contributed by atoms with Crippen LogP contribution in [0.2, 0.25) is 5.02 Å². The highest BCUT2D eigenvalue weighted by Crippen LogP contribution is 2.30. The van der Waals surface area contributed by atoms with Gasteiger partial charge in [-0.2, -0.15) is 4.99 Å². The zero-order chi connectivity index (χ0) is 23.5. The molecule has 1 aliphatic heterocycles. The molecule has 0 bridgehead atoms. The highest BCUT2D eigenvalue weighted by atomic mass is 35.5. The van der Waals surface area contributed by atoms with E-state index in [1.165, 1.54) is 23.5 Å². The number of guanidine groups is 1. The molecule has 0 fully saturated rings. The normalized spacial score (nSPS) is 15.8. The summed E-state index contributed by atoms with van der Waals surface area (Å²) in [7, 11) is 0. The van der Waals surface area contributed by atoms with E-state index in [0.717, 1.165) is 39.4 Å². The Morgan fingerprint density at radius 3 is 2.82 bits per heavy atom. The Hall–Kier alpha value is -3.10. The summed E-state index contributed by atoms with van der Waals surface area (Å²) in [4.78, 5) is 20.0. The van der Waals surface area contributed by atoms with Crippen LogP contribution < -0.4 is 5.73 Å². The van der Waals surface area contributed by atoms with Crippen molar-refractivity contribution in [3.8, 4) is 0 Å². The minimum atomic E-state index is -0.293. The summed E-state index contributed by atoms with van der Waals surface area (Å²) >= 11 is 7.88. The van der Waals surface area contributed by atoms with Crippen LogP contribution in [0.3, 0.4) is 0 Å². The zero-order valence-electron chi connectivity index (χ0n) is 18.6. The number of nitrogens with zero attached hydrogens (tertiary/aromatic N) is 5. The van der Waals surface area contributed by atoms with Gasteiger partial charge in [-0.1, -0.05) is 35.1 Å². The highest BCUT2D eigenvalue weighted by molar-refractivity contribution is 7.22. The van der Waals surface area contributed by atoms with Crippen LogP contribution >= 0.6 is 22.9 Å². The van der Waals surface area contributed by atoms with Crippen molar-refractivity contribution < 1.29 is 4.39 Å². The molecule has 2 N–H and O–H groups in total. The Labute approximate surface area is 201 Å². The van der Waals surface area contributed by atoms with Gasteiger partial charge in [0.15, 0.2) is 5.96 Å². The smallest absolute Gasteiger partial charge is 0.213 e. The van der Waals surface area contributed by atoms with Crippen LogP contribution in [-0.4, -0.2) is 39.6 Å². The maximum atomic E-state index is 13.4. The largest absolute Gasteiger partial charge is 0.369 e. The van der Waals surface area contributed by atoms with E-state index in [-0.39, 0.29) is 5.82 Å². The van der Waals surface area contributed by atoms with Gasteiger partial charge in [-0.3, -0.25) is 9.98 Å². The van der Waals surface area contributed by atoms with Gasteiger partial charge in [0.05, 0.1) is 20.9 Å². The maximum absolute atomic E-state index is 13.4. The molecule has 3 heterocycles. The third-order valence-electron chi connectivity index (χ3n) is 5.41. The fourth-order valence-corrected chi connectivity index (χ4v) is 4.62. The molecule has 3 aromatic rings. The molecule has 0 aliphatic carbocycles. The first kappa shape index (κ1) is 23.1. The molecule has 2 aromatic heterocycles. The van der Waals surface area contributed by atoms with Crippen molar-refractivity contribution in [2.24, 2.45) is 15.7 Å². The molecule has 0 radical (unpaired) electrons. The van der Waals surface area contributed by atoms with E-state index < -0.39 is 0 Å². The SMILES string of the molecule is C/C=C(/C)N=C(C)c1cnc(C2=CCN(/C(N)=N/c3nc4ccc(F)cc4s3)CC2)c(Cl)c1. The van der Waals surface area contributed by atoms with Crippen LogP contribution in [0, 0.1) is 5.82 Å². The average molecular weight is 483 g/mol. The molecule has 9 heteroatoms. The van der Waals surface area contributed by atoms with Gasteiger partial charge in [0.25, 0.3) is 0 Å². The summed E-state index contributed by atoms with van der Waals surface area (Å²) in [6.45, 7) is 7.13. The van der Waals surface area contributed by atoms with E-state index >= 15 is 0 Å². The van der Waals surface area contributed by atoms with E-state index in [2.05, 4.69) is 26.0 Å². The number of rotatable bonds is 4. The molecule has 0 amide bonds. The molecule has 0 atom stereocenters. The number of nitrogens with two attached hydrogens (primary N) is 1. The van der Waals surface area contributed by atoms with Crippen molar-refractivity contribution in [2.45, 2.75) is 27.2 Å². The number of allylic oxidation sites excluding steroid dienone is 2. The van der Waals surface area contributed by atoms with E-state index in [0.29, 0.717) is 34.7 Å². The second-order valence-electron chi connectivity index (χ2n) is 7.69. The fraction of sp³-hybridized carbons (Fsp3) is 0.250. The summed E-state index contributed by atoms with van der Waals surface area (Å²) in [5.41, 5.74) is 11.5. The lowest BCUT2D eigenvalue weighted by atomic mass is 10.0. The lowest BCUT2D eigenvalue weighted by Gasteiger charge is -2.27. The Morgan fingerprint density at radius 2 is 2.12 bits per heavy atom. The van der Waals surface area contributed by atoms with Gasteiger partial charge < -0.3 is 10.6 Å². The molecule has 0 saturated carbocycles. The van der Waals surface area contributed by atoms with Crippen molar-refractivity contribution in [2.75, 3.05) is 13.1 Å².